The predicted molar refractivity (Wildman–Crippen MR) is 65.8 cm³/mol. The average molecular weight is 237 g/mol. The van der Waals surface area contributed by atoms with Gasteiger partial charge in [-0.1, -0.05) is 6.92 Å². The number of aryl methyl sites for hydroxylation is 2. The molecule has 0 radical (unpaired) electrons. The lowest BCUT2D eigenvalue weighted by Gasteiger charge is -1.97. The van der Waals surface area contributed by atoms with E-state index in [4.69, 9.17) is 0 Å². The minimum Gasteiger partial charge on any atom is -0.378 e. The van der Waals surface area contributed by atoms with Crippen molar-refractivity contribution >= 4 is 16.5 Å². The molecule has 0 aliphatic rings. The number of H-pyrrole nitrogens is 1. The Morgan fingerprint density at radius 3 is 2.94 bits per heavy atom. The number of nitrogens with one attached hydrogen (secondary N) is 2. The molecule has 2 heterocycles. The van der Waals surface area contributed by atoms with Crippen LogP contribution in [0, 0.1) is 6.92 Å². The molecule has 16 heavy (non-hydrogen) atoms. The first kappa shape index (κ1) is 11.1. The fourth-order valence-corrected chi connectivity index (χ4v) is 2.30. The molecule has 0 aliphatic heterocycles. The highest BCUT2D eigenvalue weighted by Gasteiger charge is 2.15. The predicted octanol–water partition coefficient (Wildman–Crippen LogP) is 2.23. The molecule has 0 amide bonds. The Bertz CT molecular complexity index is 473. The van der Waals surface area contributed by atoms with Crippen molar-refractivity contribution in [2.45, 2.75) is 26.7 Å². The zero-order valence-electron chi connectivity index (χ0n) is 9.66. The molecule has 0 spiro atoms. The van der Waals surface area contributed by atoms with E-state index in [0.717, 1.165) is 40.7 Å². The maximum absolute atomic E-state index is 4.47. The summed E-state index contributed by atoms with van der Waals surface area (Å²) >= 11 is 1.44. The van der Waals surface area contributed by atoms with Crippen molar-refractivity contribution in [1.82, 2.24) is 19.6 Å². The Balaban J connectivity index is 2.37. The minimum absolute atomic E-state index is 0.735. The van der Waals surface area contributed by atoms with E-state index in [2.05, 4.69) is 31.8 Å². The Kier molecular flexibility index (Phi) is 3.19. The summed E-state index contributed by atoms with van der Waals surface area (Å²) in [6.07, 6.45) is 1.99. The first-order chi connectivity index (χ1) is 7.76. The average Bonchev–Trinajstić information content (AvgIpc) is 2.85. The fourth-order valence-electron chi connectivity index (χ4n) is 1.56. The van der Waals surface area contributed by atoms with Gasteiger partial charge in [0.15, 0.2) is 5.82 Å². The first-order valence-electron chi connectivity index (χ1n) is 5.32. The Morgan fingerprint density at radius 1 is 1.44 bits per heavy atom. The SMILES string of the molecule is CCCc1nc(-c2c(C)nsc2NC)n[nH]1. The maximum Gasteiger partial charge on any atom is 0.186 e. The van der Waals surface area contributed by atoms with Crippen LogP contribution in [-0.4, -0.2) is 26.6 Å². The van der Waals surface area contributed by atoms with Gasteiger partial charge in [0, 0.05) is 13.5 Å². The molecule has 0 aromatic carbocycles. The number of nitrogens with zero attached hydrogens (tertiary/aromatic N) is 3. The van der Waals surface area contributed by atoms with E-state index >= 15 is 0 Å². The van der Waals surface area contributed by atoms with Crippen LogP contribution in [0.1, 0.15) is 24.9 Å². The topological polar surface area (TPSA) is 66.5 Å². The summed E-state index contributed by atoms with van der Waals surface area (Å²) in [5.41, 5.74) is 1.97. The summed E-state index contributed by atoms with van der Waals surface area (Å²) in [5, 5.41) is 11.3. The van der Waals surface area contributed by atoms with E-state index in [1.807, 2.05) is 14.0 Å². The molecular formula is C10H15N5S. The van der Waals surface area contributed by atoms with E-state index in [-0.39, 0.29) is 0 Å². The smallest absolute Gasteiger partial charge is 0.186 e. The summed E-state index contributed by atoms with van der Waals surface area (Å²) in [5.74, 6) is 1.67. The highest BCUT2D eigenvalue weighted by molar-refractivity contribution is 7.10. The highest BCUT2D eigenvalue weighted by atomic mass is 32.1. The van der Waals surface area contributed by atoms with E-state index in [1.54, 1.807) is 0 Å². The second-order valence-corrected chi connectivity index (χ2v) is 4.35. The zero-order chi connectivity index (χ0) is 11.5. The largest absolute Gasteiger partial charge is 0.378 e. The normalized spacial score (nSPS) is 10.7. The lowest BCUT2D eigenvalue weighted by atomic mass is 10.2. The van der Waals surface area contributed by atoms with E-state index < -0.39 is 0 Å². The summed E-state index contributed by atoms with van der Waals surface area (Å²) in [7, 11) is 1.88. The monoisotopic (exact) mass is 237 g/mol. The lowest BCUT2D eigenvalue weighted by molar-refractivity contribution is 0.841. The summed E-state index contributed by atoms with van der Waals surface area (Å²) in [4.78, 5) is 4.47. The second kappa shape index (κ2) is 4.61. The van der Waals surface area contributed by atoms with Crippen molar-refractivity contribution in [2.24, 2.45) is 0 Å². The lowest BCUT2D eigenvalue weighted by Crippen LogP contribution is -1.90. The van der Waals surface area contributed by atoms with Gasteiger partial charge in [0.2, 0.25) is 0 Å². The maximum atomic E-state index is 4.47. The summed E-state index contributed by atoms with van der Waals surface area (Å²) in [6, 6.07) is 0. The molecule has 2 rings (SSSR count). The second-order valence-electron chi connectivity index (χ2n) is 3.58. The third-order valence-electron chi connectivity index (χ3n) is 2.33. The van der Waals surface area contributed by atoms with Gasteiger partial charge in [-0.3, -0.25) is 5.10 Å². The van der Waals surface area contributed by atoms with Gasteiger partial charge < -0.3 is 5.32 Å². The molecular weight excluding hydrogens is 222 g/mol. The number of rotatable bonds is 4. The van der Waals surface area contributed by atoms with Gasteiger partial charge in [-0.2, -0.15) is 9.47 Å². The van der Waals surface area contributed by atoms with E-state index in [1.165, 1.54) is 11.5 Å². The molecule has 0 atom stereocenters. The molecule has 0 unspecified atom stereocenters. The van der Waals surface area contributed by atoms with Crippen LogP contribution >= 0.6 is 11.5 Å². The third kappa shape index (κ3) is 1.92. The van der Waals surface area contributed by atoms with Crippen molar-refractivity contribution in [2.75, 3.05) is 12.4 Å². The first-order valence-corrected chi connectivity index (χ1v) is 6.09. The quantitative estimate of drug-likeness (QED) is 0.855. The van der Waals surface area contributed by atoms with Crippen molar-refractivity contribution in [3.63, 3.8) is 0 Å². The van der Waals surface area contributed by atoms with Gasteiger partial charge in [-0.25, -0.2) is 4.98 Å². The van der Waals surface area contributed by atoms with Crippen molar-refractivity contribution in [3.05, 3.63) is 11.5 Å². The molecule has 86 valence electrons. The van der Waals surface area contributed by atoms with Crippen LogP contribution in [0.25, 0.3) is 11.4 Å². The molecule has 0 saturated heterocycles. The number of anilines is 1. The standard InChI is InChI=1S/C10H15N5S/c1-4-5-7-12-9(14-13-7)8-6(2)15-16-10(8)11-3/h11H,4-5H2,1-3H3,(H,12,13,14). The van der Waals surface area contributed by atoms with Crippen LogP contribution in [0.15, 0.2) is 0 Å². The Morgan fingerprint density at radius 2 is 2.25 bits per heavy atom. The van der Waals surface area contributed by atoms with Crippen molar-refractivity contribution in [1.29, 1.82) is 0 Å². The van der Waals surface area contributed by atoms with Gasteiger partial charge in [0.05, 0.1) is 11.3 Å². The van der Waals surface area contributed by atoms with Gasteiger partial charge in [-0.05, 0) is 24.9 Å². The van der Waals surface area contributed by atoms with Crippen molar-refractivity contribution in [3.8, 4) is 11.4 Å². The molecule has 0 aliphatic carbocycles. The number of aromatic nitrogens is 4. The number of aromatic amines is 1. The summed E-state index contributed by atoms with van der Waals surface area (Å²) < 4.78 is 4.30. The van der Waals surface area contributed by atoms with E-state index in [0.29, 0.717) is 0 Å². The van der Waals surface area contributed by atoms with Crippen LogP contribution in [-0.2, 0) is 6.42 Å². The molecule has 5 nitrogen and oxygen atoms in total. The number of hydrogen-bond acceptors (Lipinski definition) is 5. The zero-order valence-corrected chi connectivity index (χ0v) is 10.5. The minimum atomic E-state index is 0.735. The summed E-state index contributed by atoms with van der Waals surface area (Å²) in [6.45, 7) is 4.10. The third-order valence-corrected chi connectivity index (χ3v) is 3.29. The molecule has 0 fully saturated rings. The highest BCUT2D eigenvalue weighted by Crippen LogP contribution is 2.31. The number of hydrogen-bond donors (Lipinski definition) is 2. The van der Waals surface area contributed by atoms with Crippen molar-refractivity contribution < 1.29 is 0 Å². The Hall–Kier alpha value is -1.43. The van der Waals surface area contributed by atoms with Crippen LogP contribution in [0.2, 0.25) is 0 Å². The Labute approximate surface area is 98.5 Å². The molecule has 6 heteroatoms. The molecule has 2 aromatic rings. The van der Waals surface area contributed by atoms with Crippen LogP contribution in [0.5, 0.6) is 0 Å². The van der Waals surface area contributed by atoms with Crippen LogP contribution in [0.3, 0.4) is 0 Å². The molecule has 0 bridgehead atoms. The fraction of sp³-hybridized carbons (Fsp3) is 0.500. The van der Waals surface area contributed by atoms with Gasteiger partial charge >= 0.3 is 0 Å². The van der Waals surface area contributed by atoms with Gasteiger partial charge in [0.25, 0.3) is 0 Å². The van der Waals surface area contributed by atoms with Gasteiger partial charge in [-0.15, -0.1) is 0 Å². The van der Waals surface area contributed by atoms with Gasteiger partial charge in [0.1, 0.15) is 10.8 Å². The molecule has 2 aromatic heterocycles. The molecule has 0 saturated carbocycles. The van der Waals surface area contributed by atoms with E-state index in [9.17, 15) is 0 Å². The van der Waals surface area contributed by atoms with Crippen LogP contribution < -0.4 is 5.32 Å². The van der Waals surface area contributed by atoms with Crippen LogP contribution in [0.4, 0.5) is 5.00 Å². The molecule has 2 N–H and O–H groups in total.